The molecule has 0 unspecified atom stereocenters. The fourth-order valence-electron chi connectivity index (χ4n) is 2.75. The molecule has 0 N–H and O–H groups in total. The van der Waals surface area contributed by atoms with Gasteiger partial charge in [-0.05, 0) is 36.4 Å². The van der Waals surface area contributed by atoms with Gasteiger partial charge in [0.2, 0.25) is 0 Å². The Hall–Kier alpha value is -3.52. The standard InChI is InChI=1S/C20H15N3O2/c1-23-12-14(11-22-23)13-24-17-6-7-19-16(8-17)9-20(25-19)18-5-3-2-4-15(18)10-21/h2-9,11-12H,13H2,1H3. The molecule has 0 saturated heterocycles. The molecule has 2 heterocycles. The van der Waals surface area contributed by atoms with E-state index in [2.05, 4.69) is 11.2 Å². The smallest absolute Gasteiger partial charge is 0.136 e. The molecule has 122 valence electrons. The second-order valence-corrected chi connectivity index (χ2v) is 5.78. The van der Waals surface area contributed by atoms with E-state index in [-0.39, 0.29) is 0 Å². The molecule has 0 bridgehead atoms. The summed E-state index contributed by atoms with van der Waals surface area (Å²) in [6.45, 7) is 0.460. The van der Waals surface area contributed by atoms with E-state index in [0.29, 0.717) is 17.9 Å². The third-order valence-electron chi connectivity index (χ3n) is 3.96. The maximum Gasteiger partial charge on any atom is 0.136 e. The molecule has 5 heteroatoms. The number of aromatic nitrogens is 2. The van der Waals surface area contributed by atoms with Crippen LogP contribution >= 0.6 is 0 Å². The van der Waals surface area contributed by atoms with Gasteiger partial charge in [0.25, 0.3) is 0 Å². The Labute approximate surface area is 144 Å². The molecule has 0 radical (unpaired) electrons. The highest BCUT2D eigenvalue weighted by Gasteiger charge is 2.11. The Morgan fingerprint density at radius 2 is 2.08 bits per heavy atom. The van der Waals surface area contributed by atoms with Crippen LogP contribution in [0.4, 0.5) is 0 Å². The number of hydrogen-bond donors (Lipinski definition) is 0. The molecule has 4 aromatic rings. The minimum absolute atomic E-state index is 0.460. The van der Waals surface area contributed by atoms with Crippen LogP contribution in [0.5, 0.6) is 5.75 Å². The molecule has 25 heavy (non-hydrogen) atoms. The Kier molecular flexibility index (Phi) is 3.71. The molecule has 0 aliphatic carbocycles. The van der Waals surface area contributed by atoms with E-state index < -0.39 is 0 Å². The maximum absolute atomic E-state index is 9.26. The van der Waals surface area contributed by atoms with Crippen LogP contribution in [0.25, 0.3) is 22.3 Å². The van der Waals surface area contributed by atoms with Gasteiger partial charge in [-0.1, -0.05) is 12.1 Å². The number of furan rings is 1. The number of hydrogen-bond acceptors (Lipinski definition) is 4. The number of fused-ring (bicyclic) bond motifs is 1. The lowest BCUT2D eigenvalue weighted by atomic mass is 10.1. The highest BCUT2D eigenvalue weighted by molar-refractivity contribution is 5.85. The lowest BCUT2D eigenvalue weighted by molar-refractivity contribution is 0.306. The summed E-state index contributed by atoms with van der Waals surface area (Å²) in [7, 11) is 1.88. The maximum atomic E-state index is 9.26. The van der Waals surface area contributed by atoms with E-state index >= 15 is 0 Å². The minimum atomic E-state index is 0.460. The Morgan fingerprint density at radius 3 is 2.88 bits per heavy atom. The summed E-state index contributed by atoms with van der Waals surface area (Å²) >= 11 is 0. The van der Waals surface area contributed by atoms with Crippen LogP contribution in [0.3, 0.4) is 0 Å². The van der Waals surface area contributed by atoms with Crippen molar-refractivity contribution in [3.63, 3.8) is 0 Å². The van der Waals surface area contributed by atoms with E-state index in [1.165, 1.54) is 0 Å². The predicted molar refractivity (Wildman–Crippen MR) is 93.9 cm³/mol. The molecular formula is C20H15N3O2. The zero-order valence-electron chi connectivity index (χ0n) is 13.6. The Balaban J connectivity index is 1.62. The number of nitrogens with zero attached hydrogens (tertiary/aromatic N) is 3. The number of ether oxygens (including phenoxy) is 1. The lowest BCUT2D eigenvalue weighted by Crippen LogP contribution is -1.93. The molecule has 0 amide bonds. The second kappa shape index (κ2) is 6.17. The van der Waals surface area contributed by atoms with Crippen molar-refractivity contribution in [3.8, 4) is 23.1 Å². The van der Waals surface area contributed by atoms with Crippen molar-refractivity contribution in [1.82, 2.24) is 9.78 Å². The van der Waals surface area contributed by atoms with Gasteiger partial charge in [-0.15, -0.1) is 0 Å². The molecule has 0 saturated carbocycles. The van der Waals surface area contributed by atoms with Gasteiger partial charge in [0.15, 0.2) is 0 Å². The number of benzene rings is 2. The van der Waals surface area contributed by atoms with Gasteiger partial charge in [-0.2, -0.15) is 10.4 Å². The van der Waals surface area contributed by atoms with E-state index in [0.717, 1.165) is 27.8 Å². The van der Waals surface area contributed by atoms with Crippen LogP contribution in [0, 0.1) is 11.3 Å². The first-order valence-electron chi connectivity index (χ1n) is 7.86. The van der Waals surface area contributed by atoms with Crippen LogP contribution < -0.4 is 4.74 Å². The van der Waals surface area contributed by atoms with Crippen LogP contribution in [0.2, 0.25) is 0 Å². The van der Waals surface area contributed by atoms with Crippen molar-refractivity contribution >= 4 is 11.0 Å². The first-order valence-corrected chi connectivity index (χ1v) is 7.86. The van der Waals surface area contributed by atoms with Crippen molar-refractivity contribution in [2.75, 3.05) is 0 Å². The number of aryl methyl sites for hydroxylation is 1. The summed E-state index contributed by atoms with van der Waals surface area (Å²) in [5, 5.41) is 14.3. The van der Waals surface area contributed by atoms with Crippen LogP contribution in [-0.2, 0) is 13.7 Å². The van der Waals surface area contributed by atoms with E-state index in [9.17, 15) is 5.26 Å². The largest absolute Gasteiger partial charge is 0.489 e. The third-order valence-corrected chi connectivity index (χ3v) is 3.96. The van der Waals surface area contributed by atoms with Crippen LogP contribution in [-0.4, -0.2) is 9.78 Å². The predicted octanol–water partition coefficient (Wildman–Crippen LogP) is 4.28. The summed E-state index contributed by atoms with van der Waals surface area (Å²) in [5.74, 6) is 1.44. The fourth-order valence-corrected chi connectivity index (χ4v) is 2.75. The first kappa shape index (κ1) is 15.0. The quantitative estimate of drug-likeness (QED) is 0.560. The van der Waals surface area contributed by atoms with Gasteiger partial charge >= 0.3 is 0 Å². The highest BCUT2D eigenvalue weighted by Crippen LogP contribution is 2.32. The monoisotopic (exact) mass is 329 g/mol. The molecule has 5 nitrogen and oxygen atoms in total. The van der Waals surface area contributed by atoms with E-state index in [1.54, 1.807) is 16.9 Å². The molecule has 4 rings (SSSR count). The van der Waals surface area contributed by atoms with Gasteiger partial charge in [-0.25, -0.2) is 0 Å². The molecule has 0 fully saturated rings. The van der Waals surface area contributed by atoms with Crippen LogP contribution in [0.1, 0.15) is 11.1 Å². The van der Waals surface area contributed by atoms with Gasteiger partial charge in [-0.3, -0.25) is 4.68 Å². The molecule has 0 aliphatic heterocycles. The summed E-state index contributed by atoms with van der Waals surface area (Å²) in [5.41, 5.74) is 3.16. The summed E-state index contributed by atoms with van der Waals surface area (Å²) < 4.78 is 13.5. The van der Waals surface area contributed by atoms with Gasteiger partial charge in [0, 0.05) is 29.8 Å². The van der Waals surface area contributed by atoms with Gasteiger partial charge in [0.1, 0.15) is 23.7 Å². The van der Waals surface area contributed by atoms with Crippen molar-refractivity contribution in [2.24, 2.45) is 7.05 Å². The van der Waals surface area contributed by atoms with Gasteiger partial charge in [0.05, 0.1) is 17.8 Å². The van der Waals surface area contributed by atoms with Crippen molar-refractivity contribution in [2.45, 2.75) is 6.61 Å². The van der Waals surface area contributed by atoms with Gasteiger partial charge < -0.3 is 9.15 Å². The Bertz CT molecular complexity index is 1090. The summed E-state index contributed by atoms with van der Waals surface area (Å²) in [6, 6.07) is 17.2. The van der Waals surface area contributed by atoms with Crippen molar-refractivity contribution in [3.05, 3.63) is 72.1 Å². The fraction of sp³-hybridized carbons (Fsp3) is 0.100. The molecule has 2 aromatic heterocycles. The molecular weight excluding hydrogens is 314 g/mol. The molecule has 0 spiro atoms. The first-order chi connectivity index (χ1) is 12.2. The zero-order chi connectivity index (χ0) is 17.2. The topological polar surface area (TPSA) is 64.0 Å². The lowest BCUT2D eigenvalue weighted by Gasteiger charge is -2.03. The Morgan fingerprint density at radius 1 is 1.20 bits per heavy atom. The molecule has 2 aromatic carbocycles. The summed E-state index contributed by atoms with van der Waals surface area (Å²) in [4.78, 5) is 0. The van der Waals surface area contributed by atoms with Crippen molar-refractivity contribution < 1.29 is 9.15 Å². The third kappa shape index (κ3) is 2.98. The average Bonchev–Trinajstić information content (AvgIpc) is 3.25. The molecule has 0 aliphatic rings. The second-order valence-electron chi connectivity index (χ2n) is 5.78. The van der Waals surface area contributed by atoms with Crippen LogP contribution in [0.15, 0.2) is 65.3 Å². The number of rotatable bonds is 4. The minimum Gasteiger partial charge on any atom is -0.489 e. The van der Waals surface area contributed by atoms with E-state index in [1.807, 2.05) is 55.7 Å². The normalized spacial score (nSPS) is 10.7. The number of nitriles is 1. The average molecular weight is 329 g/mol. The molecule has 0 atom stereocenters. The SMILES string of the molecule is Cn1cc(COc2ccc3oc(-c4ccccc4C#N)cc3c2)cn1. The zero-order valence-corrected chi connectivity index (χ0v) is 13.6. The van der Waals surface area contributed by atoms with Crippen molar-refractivity contribution in [1.29, 1.82) is 5.26 Å². The highest BCUT2D eigenvalue weighted by atomic mass is 16.5. The summed E-state index contributed by atoms with van der Waals surface area (Å²) in [6.07, 6.45) is 3.71. The van der Waals surface area contributed by atoms with E-state index in [4.69, 9.17) is 9.15 Å².